The molecule has 2 aromatic heterocycles. The van der Waals surface area contributed by atoms with Gasteiger partial charge in [-0.25, -0.2) is 10.1 Å². The zero-order chi connectivity index (χ0) is 24.9. The van der Waals surface area contributed by atoms with Crippen molar-refractivity contribution < 1.29 is 19.1 Å². The summed E-state index contributed by atoms with van der Waals surface area (Å²) in [5.74, 6) is -0.0622. The number of hydrogen-bond donors (Lipinski definition) is 2. The Bertz CT molecular complexity index is 1380. The topological polar surface area (TPSA) is 189 Å². The van der Waals surface area contributed by atoms with E-state index in [0.29, 0.717) is 11.3 Å². The third-order valence-corrected chi connectivity index (χ3v) is 4.56. The van der Waals surface area contributed by atoms with Crippen LogP contribution in [0.3, 0.4) is 0 Å². The Labute approximate surface area is 197 Å². The number of carbonyl (C=O) groups excluding carboxylic acids is 1. The molecule has 0 radical (unpaired) electrons. The molecule has 4 aromatic rings. The van der Waals surface area contributed by atoms with Gasteiger partial charge in [0.2, 0.25) is 11.6 Å². The predicted octanol–water partition coefficient (Wildman–Crippen LogP) is 2.36. The average molecular weight is 477 g/mol. The third-order valence-electron chi connectivity index (χ3n) is 4.56. The number of nitrogens with two attached hydrogens (primary N) is 1. The van der Waals surface area contributed by atoms with E-state index in [2.05, 4.69) is 35.8 Å². The van der Waals surface area contributed by atoms with Gasteiger partial charge in [-0.3, -0.25) is 14.9 Å². The van der Waals surface area contributed by atoms with E-state index >= 15 is 0 Å². The van der Waals surface area contributed by atoms with Crippen molar-refractivity contribution in [3.05, 3.63) is 69.9 Å². The van der Waals surface area contributed by atoms with Crippen LogP contribution in [0.5, 0.6) is 5.75 Å². The fourth-order valence-corrected chi connectivity index (χ4v) is 3.04. The normalized spacial score (nSPS) is 11.2. The van der Waals surface area contributed by atoms with Crippen molar-refractivity contribution in [3.63, 3.8) is 0 Å². The van der Waals surface area contributed by atoms with Crippen LogP contribution < -0.4 is 15.9 Å². The number of nitrogens with one attached hydrogen (secondary N) is 1. The first-order valence-electron chi connectivity index (χ1n) is 10.2. The van der Waals surface area contributed by atoms with Crippen LogP contribution >= 0.6 is 0 Å². The summed E-state index contributed by atoms with van der Waals surface area (Å²) >= 11 is 0. The Balaban J connectivity index is 1.61. The van der Waals surface area contributed by atoms with Crippen molar-refractivity contribution in [2.24, 2.45) is 5.10 Å². The van der Waals surface area contributed by atoms with E-state index < -0.39 is 10.8 Å². The summed E-state index contributed by atoms with van der Waals surface area (Å²) in [5.41, 5.74) is 9.18. The molecular weight excluding hydrogens is 458 g/mol. The molecule has 2 heterocycles. The second-order valence-corrected chi connectivity index (χ2v) is 7.41. The summed E-state index contributed by atoms with van der Waals surface area (Å²) in [6.45, 7) is 3.86. The number of nitrogen functional groups attached to an aromatic ring is 1. The maximum atomic E-state index is 12.9. The smallest absolute Gasteiger partial charge is 0.294 e. The summed E-state index contributed by atoms with van der Waals surface area (Å²) in [6.07, 6.45) is 1.50. The van der Waals surface area contributed by atoms with E-state index in [-0.39, 0.29) is 34.8 Å². The van der Waals surface area contributed by atoms with Crippen molar-refractivity contribution in [1.29, 1.82) is 0 Å². The van der Waals surface area contributed by atoms with Crippen LogP contribution in [-0.2, 0) is 0 Å². The summed E-state index contributed by atoms with van der Waals surface area (Å²) in [4.78, 5) is 23.4. The summed E-state index contributed by atoms with van der Waals surface area (Å²) in [5, 5.41) is 30.0. The van der Waals surface area contributed by atoms with Crippen LogP contribution in [0.25, 0.3) is 17.1 Å². The Morgan fingerprint density at radius 1 is 1.20 bits per heavy atom. The zero-order valence-corrected chi connectivity index (χ0v) is 18.5. The van der Waals surface area contributed by atoms with E-state index in [4.69, 9.17) is 10.5 Å². The van der Waals surface area contributed by atoms with Crippen molar-refractivity contribution in [3.8, 4) is 22.8 Å². The zero-order valence-electron chi connectivity index (χ0n) is 18.5. The van der Waals surface area contributed by atoms with Crippen molar-refractivity contribution >= 4 is 23.6 Å². The lowest BCUT2D eigenvalue weighted by atomic mass is 10.1. The lowest BCUT2D eigenvalue weighted by Crippen LogP contribution is -2.19. The number of hydrazone groups is 1. The first kappa shape index (κ1) is 23.0. The number of nitro benzene ring substituents is 1. The van der Waals surface area contributed by atoms with E-state index in [1.165, 1.54) is 30.5 Å². The lowest BCUT2D eigenvalue weighted by Gasteiger charge is -2.09. The van der Waals surface area contributed by atoms with Crippen molar-refractivity contribution in [2.45, 2.75) is 20.0 Å². The number of nitro groups is 1. The van der Waals surface area contributed by atoms with Gasteiger partial charge in [0.15, 0.2) is 5.69 Å². The van der Waals surface area contributed by atoms with Crippen molar-refractivity contribution in [1.82, 2.24) is 30.7 Å². The van der Waals surface area contributed by atoms with Gasteiger partial charge in [0, 0.05) is 17.7 Å². The Morgan fingerprint density at radius 2 is 1.91 bits per heavy atom. The summed E-state index contributed by atoms with van der Waals surface area (Å²) in [7, 11) is 0. The van der Waals surface area contributed by atoms with Gasteiger partial charge in [-0.2, -0.15) is 9.78 Å². The molecule has 2 aromatic carbocycles. The number of benzene rings is 2. The van der Waals surface area contributed by atoms with Crippen LogP contribution in [0, 0.1) is 10.1 Å². The predicted molar refractivity (Wildman–Crippen MR) is 123 cm³/mol. The van der Waals surface area contributed by atoms with E-state index in [1.807, 2.05) is 13.8 Å². The van der Waals surface area contributed by atoms with Gasteiger partial charge in [0.25, 0.3) is 11.6 Å². The molecule has 178 valence electrons. The van der Waals surface area contributed by atoms with E-state index in [1.54, 1.807) is 24.3 Å². The van der Waals surface area contributed by atoms with Crippen LogP contribution in [0.1, 0.15) is 29.9 Å². The van der Waals surface area contributed by atoms with Gasteiger partial charge in [-0.15, -0.1) is 5.10 Å². The number of non-ortho nitro benzene ring substituents is 1. The molecule has 14 heteroatoms. The maximum absolute atomic E-state index is 12.9. The molecule has 4 rings (SSSR count). The standard InChI is InChI=1S/C21H19N9O5/c1-12(2)34-16-9-3-13(4-10-16)11-23-25-21(31)17-18(14-5-7-15(8-6-14)30(32)33)29(28-24-17)20-19(22)26-35-27-20/h3-12H,1-2H3,(H2,22,26)(H,25,31)/b23-11+. The number of nitrogens with zero attached hydrogens (tertiary/aromatic N) is 7. The molecule has 1 amide bonds. The van der Waals surface area contributed by atoms with Gasteiger partial charge in [0.05, 0.1) is 17.2 Å². The number of rotatable bonds is 8. The molecule has 0 bridgehead atoms. The fourth-order valence-electron chi connectivity index (χ4n) is 3.04. The lowest BCUT2D eigenvalue weighted by molar-refractivity contribution is -0.384. The first-order chi connectivity index (χ1) is 16.8. The fraction of sp³-hybridized carbons (Fsp3) is 0.143. The molecule has 0 aliphatic carbocycles. The van der Waals surface area contributed by atoms with Crippen LogP contribution in [0.2, 0.25) is 0 Å². The van der Waals surface area contributed by atoms with Crippen molar-refractivity contribution in [2.75, 3.05) is 5.73 Å². The van der Waals surface area contributed by atoms with Crippen LogP contribution in [0.15, 0.2) is 58.3 Å². The number of carbonyl (C=O) groups is 1. The number of anilines is 1. The highest BCUT2D eigenvalue weighted by atomic mass is 16.6. The molecule has 3 N–H and O–H groups in total. The first-order valence-corrected chi connectivity index (χ1v) is 10.2. The third kappa shape index (κ3) is 5.11. The monoisotopic (exact) mass is 477 g/mol. The second kappa shape index (κ2) is 9.78. The minimum atomic E-state index is -0.685. The van der Waals surface area contributed by atoms with Crippen LogP contribution in [-0.4, -0.2) is 48.5 Å². The molecule has 0 spiro atoms. The summed E-state index contributed by atoms with van der Waals surface area (Å²) in [6, 6.07) is 12.6. The van der Waals surface area contributed by atoms with E-state index in [0.717, 1.165) is 10.2 Å². The molecule has 14 nitrogen and oxygen atoms in total. The highest BCUT2D eigenvalue weighted by Gasteiger charge is 2.25. The van der Waals surface area contributed by atoms with Crippen LogP contribution in [0.4, 0.5) is 11.5 Å². The van der Waals surface area contributed by atoms with Gasteiger partial charge < -0.3 is 10.5 Å². The Hall–Kier alpha value is -5.14. The quantitative estimate of drug-likeness (QED) is 0.216. The average Bonchev–Trinajstić information content (AvgIpc) is 3.45. The van der Waals surface area contributed by atoms with E-state index in [9.17, 15) is 14.9 Å². The maximum Gasteiger partial charge on any atom is 0.294 e. The number of ether oxygens (including phenoxy) is 1. The number of hydrogen-bond acceptors (Lipinski definition) is 11. The largest absolute Gasteiger partial charge is 0.491 e. The molecule has 0 aliphatic rings. The number of aromatic nitrogens is 5. The highest BCUT2D eigenvalue weighted by molar-refractivity contribution is 5.98. The molecule has 0 fully saturated rings. The molecule has 0 saturated carbocycles. The number of amides is 1. The minimum Gasteiger partial charge on any atom is -0.491 e. The molecule has 35 heavy (non-hydrogen) atoms. The van der Waals surface area contributed by atoms with Gasteiger partial charge in [0.1, 0.15) is 11.4 Å². The SMILES string of the molecule is CC(C)Oc1ccc(/C=N/NC(=O)c2nnn(-c3nonc3N)c2-c2ccc([N+](=O)[O-])cc2)cc1. The molecule has 0 atom stereocenters. The Morgan fingerprint density at radius 3 is 2.51 bits per heavy atom. The second-order valence-electron chi connectivity index (χ2n) is 7.41. The van der Waals surface area contributed by atoms with Gasteiger partial charge in [-0.1, -0.05) is 5.21 Å². The summed E-state index contributed by atoms with van der Waals surface area (Å²) < 4.78 is 11.4. The molecule has 0 aliphatic heterocycles. The molecule has 0 unspecified atom stereocenters. The minimum absolute atomic E-state index is 0.00268. The highest BCUT2D eigenvalue weighted by Crippen LogP contribution is 2.28. The Kier molecular flexibility index (Phi) is 6.44. The van der Waals surface area contributed by atoms with Gasteiger partial charge >= 0.3 is 0 Å². The molecular formula is C21H19N9O5. The molecule has 0 saturated heterocycles. The van der Waals surface area contributed by atoms with Gasteiger partial charge in [-0.05, 0) is 66.1 Å².